The zero-order valence-corrected chi connectivity index (χ0v) is 19.7. The van der Waals surface area contributed by atoms with Crippen molar-refractivity contribution >= 4 is 79.5 Å². The summed E-state index contributed by atoms with van der Waals surface area (Å²) in [5, 5.41) is 9.91. The number of H-pyrrole nitrogens is 1. The average molecular weight is 596 g/mol. The molecule has 146 valence electrons. The van der Waals surface area contributed by atoms with Crippen molar-refractivity contribution < 1.29 is 13.2 Å². The Morgan fingerprint density at radius 3 is 2.89 bits per heavy atom. The molecule has 0 atom stereocenters. The molecule has 0 bridgehead atoms. The quantitative estimate of drug-likeness (QED) is 0.410. The topological polar surface area (TPSA) is 108 Å². The maximum absolute atomic E-state index is 13.0. The first-order valence-corrected chi connectivity index (χ1v) is 12.9. The van der Waals surface area contributed by atoms with E-state index in [1.54, 1.807) is 18.2 Å². The van der Waals surface area contributed by atoms with Gasteiger partial charge in [0.1, 0.15) is 4.90 Å². The molecule has 28 heavy (non-hydrogen) atoms. The highest BCUT2D eigenvalue weighted by atomic mass is 127. The number of nitriles is 1. The minimum Gasteiger partial charge on any atom is -0.481 e. The lowest BCUT2D eigenvalue weighted by Crippen LogP contribution is -2.15. The van der Waals surface area contributed by atoms with Crippen LogP contribution in [0.3, 0.4) is 0 Å². The van der Waals surface area contributed by atoms with Crippen LogP contribution >= 0.6 is 48.3 Å². The van der Waals surface area contributed by atoms with Crippen LogP contribution < -0.4 is 9.46 Å². The number of sulfonamides is 1. The maximum atomic E-state index is 13.0. The van der Waals surface area contributed by atoms with E-state index in [2.05, 4.69) is 35.1 Å². The van der Waals surface area contributed by atoms with Gasteiger partial charge < -0.3 is 9.72 Å². The van der Waals surface area contributed by atoms with E-state index in [9.17, 15) is 8.42 Å². The van der Waals surface area contributed by atoms with Crippen LogP contribution in [0.1, 0.15) is 5.56 Å². The van der Waals surface area contributed by atoms with Gasteiger partial charge in [-0.1, -0.05) is 36.8 Å². The number of aromatic nitrogens is 2. The number of halogens is 3. The van der Waals surface area contributed by atoms with E-state index >= 15 is 0 Å². The molecular formula is C17H13BrClIN4O3S. The Bertz CT molecular complexity index is 1240. The van der Waals surface area contributed by atoms with E-state index < -0.39 is 30.8 Å². The zero-order valence-electron chi connectivity index (χ0n) is 14.4. The van der Waals surface area contributed by atoms with Gasteiger partial charge in [-0.3, -0.25) is 4.72 Å². The number of fused-ring (bicyclic) bond motifs is 1. The van der Waals surface area contributed by atoms with Gasteiger partial charge in [-0.25, -0.2) is 8.42 Å². The van der Waals surface area contributed by atoms with Crippen molar-refractivity contribution in [3.05, 3.63) is 43.0 Å². The van der Waals surface area contributed by atoms with Gasteiger partial charge in [0, 0.05) is 17.1 Å². The van der Waals surface area contributed by atoms with Crippen LogP contribution in [0.2, 0.25) is 5.02 Å². The van der Waals surface area contributed by atoms with Crippen LogP contribution in [0.25, 0.3) is 10.9 Å². The number of methoxy groups -OCH3 is 1. The Hall–Kier alpha value is -1.68. The molecule has 0 radical (unpaired) electrons. The van der Waals surface area contributed by atoms with Crippen LogP contribution in [0, 0.1) is 14.9 Å². The third kappa shape index (κ3) is 3.89. The normalized spacial score (nSPS) is 11.4. The van der Waals surface area contributed by atoms with E-state index in [-0.39, 0.29) is 23.0 Å². The van der Waals surface area contributed by atoms with Crippen molar-refractivity contribution in [1.29, 1.82) is 5.26 Å². The number of pyridine rings is 1. The van der Waals surface area contributed by atoms with Crippen LogP contribution in [-0.2, 0) is 16.4 Å². The van der Waals surface area contributed by atoms with Gasteiger partial charge in [0.2, 0.25) is 5.88 Å². The fourth-order valence-electron chi connectivity index (χ4n) is 2.59. The summed E-state index contributed by atoms with van der Waals surface area (Å²) in [4.78, 5) is 7.26. The Balaban J connectivity index is 2.09. The molecule has 1 aromatic carbocycles. The Labute approximate surface area is 185 Å². The smallest absolute Gasteiger partial charge is 0.265 e. The van der Waals surface area contributed by atoms with E-state index in [1.807, 2.05) is 6.07 Å². The van der Waals surface area contributed by atoms with E-state index in [4.69, 9.17) is 21.6 Å². The van der Waals surface area contributed by atoms with Gasteiger partial charge in [-0.15, -0.1) is 0 Å². The highest BCUT2D eigenvalue weighted by molar-refractivity contribution is 14.2. The largest absolute Gasteiger partial charge is 0.481 e. The standard InChI is InChI=1S/C17H13BrClIN4O3S/c1-20-12-7-9(5-6-21)17(27-2)23-16(12)24-28(25,26)13-8-22-15-10(13)3-4-11(19)14(15)18/h3-4,7-8,22H,1,5H2,2H3,(H,23,24). The average Bonchev–Trinajstić information content (AvgIpc) is 3.11. The number of nitrogens with zero attached hydrogens (tertiary/aromatic N) is 2. The van der Waals surface area contributed by atoms with Gasteiger partial charge in [0.15, 0.2) is 5.82 Å². The van der Waals surface area contributed by atoms with Gasteiger partial charge in [-0.2, -0.15) is 10.2 Å². The molecule has 2 N–H and O–H groups in total. The van der Waals surface area contributed by atoms with E-state index in [1.165, 1.54) is 13.3 Å². The summed E-state index contributed by atoms with van der Waals surface area (Å²) >= 11 is 8.67. The summed E-state index contributed by atoms with van der Waals surface area (Å²) in [6.07, 6.45) is 1.51. The molecule has 0 fully saturated rings. The molecule has 3 aromatic rings. The second-order valence-corrected chi connectivity index (χ2v) is 10.3. The number of hydrogen-bond donors (Lipinski definition) is 2. The number of rotatable bonds is 6. The van der Waals surface area contributed by atoms with Crippen molar-refractivity contribution in [2.45, 2.75) is 11.3 Å². The SMILES string of the molecule is C=Ic1cc(CC#N)c(OC)nc1NS(=O)(=O)c1c[nH]c2c(Br)c(Cl)ccc12. The molecular weight excluding hydrogens is 583 g/mol. The molecule has 0 aliphatic rings. The monoisotopic (exact) mass is 594 g/mol. The Kier molecular flexibility index (Phi) is 6.28. The number of nitrogens with one attached hydrogen (secondary N) is 2. The molecule has 0 amide bonds. The first kappa shape index (κ1) is 21.0. The van der Waals surface area contributed by atoms with Crippen molar-refractivity contribution in [3.63, 3.8) is 0 Å². The molecule has 7 nitrogen and oxygen atoms in total. The van der Waals surface area contributed by atoms with Crippen LogP contribution in [0.15, 0.2) is 33.8 Å². The minimum atomic E-state index is -3.95. The molecule has 2 aromatic heterocycles. The summed E-state index contributed by atoms with van der Waals surface area (Å²) in [5.41, 5.74) is 1.17. The lowest BCUT2D eigenvalue weighted by molar-refractivity contribution is 0.394. The van der Waals surface area contributed by atoms with Gasteiger partial charge in [-0.05, 0) is 34.1 Å². The lowest BCUT2D eigenvalue weighted by atomic mass is 10.2. The molecule has 0 saturated heterocycles. The van der Waals surface area contributed by atoms with Crippen LogP contribution in [-0.4, -0.2) is 30.0 Å². The van der Waals surface area contributed by atoms with E-state index in [0.717, 1.165) is 0 Å². The summed E-state index contributed by atoms with van der Waals surface area (Å²) in [6, 6.07) is 7.01. The van der Waals surface area contributed by atoms with Crippen LogP contribution in [0.4, 0.5) is 5.82 Å². The third-order valence-electron chi connectivity index (χ3n) is 3.85. The minimum absolute atomic E-state index is 0.0648. The Morgan fingerprint density at radius 1 is 1.50 bits per heavy atom. The molecule has 3 rings (SSSR count). The lowest BCUT2D eigenvalue weighted by Gasteiger charge is -2.13. The van der Waals surface area contributed by atoms with Crippen molar-refractivity contribution in [1.82, 2.24) is 9.97 Å². The third-order valence-corrected chi connectivity index (χ3v) is 8.24. The van der Waals surface area contributed by atoms with Crippen LogP contribution in [0.5, 0.6) is 5.88 Å². The number of ether oxygens (including phenoxy) is 1. The predicted molar refractivity (Wildman–Crippen MR) is 122 cm³/mol. The van der Waals surface area contributed by atoms with Gasteiger partial charge >= 0.3 is 0 Å². The summed E-state index contributed by atoms with van der Waals surface area (Å²) < 4.78 is 39.0. The molecule has 2 heterocycles. The first-order valence-electron chi connectivity index (χ1n) is 7.63. The van der Waals surface area contributed by atoms with E-state index in [0.29, 0.717) is 29.5 Å². The van der Waals surface area contributed by atoms with Gasteiger partial charge in [0.25, 0.3) is 10.0 Å². The first-order chi connectivity index (χ1) is 13.3. The molecule has 11 heteroatoms. The van der Waals surface area contributed by atoms with Crippen molar-refractivity contribution in [2.24, 2.45) is 0 Å². The molecule has 0 unspecified atom stereocenters. The number of hydrogen-bond acceptors (Lipinski definition) is 5. The Morgan fingerprint density at radius 2 is 2.25 bits per heavy atom. The number of anilines is 1. The maximum Gasteiger partial charge on any atom is 0.265 e. The molecule has 0 spiro atoms. The van der Waals surface area contributed by atoms with Crippen molar-refractivity contribution in [3.8, 4) is 11.9 Å². The molecule has 0 aliphatic carbocycles. The molecule has 0 aliphatic heterocycles. The van der Waals surface area contributed by atoms with Gasteiger partial charge in [0.05, 0.1) is 38.2 Å². The second-order valence-electron chi connectivity index (χ2n) is 5.50. The fraction of sp³-hybridized carbons (Fsp3) is 0.118. The summed E-state index contributed by atoms with van der Waals surface area (Å²) in [7, 11) is -2.53. The number of aromatic amines is 1. The zero-order chi connectivity index (χ0) is 20.5. The summed E-state index contributed by atoms with van der Waals surface area (Å²) in [6.45, 7) is 0. The fourth-order valence-corrected chi connectivity index (χ4v) is 5.80. The summed E-state index contributed by atoms with van der Waals surface area (Å²) in [5.74, 6) is 0.359. The number of benzene rings is 1. The molecule has 0 saturated carbocycles. The van der Waals surface area contributed by atoms with Crippen molar-refractivity contribution in [2.75, 3.05) is 11.8 Å². The highest BCUT2D eigenvalue weighted by Crippen LogP contribution is 2.35. The predicted octanol–water partition coefficient (Wildman–Crippen LogP) is 4.43. The highest BCUT2D eigenvalue weighted by Gasteiger charge is 2.23. The second kappa shape index (κ2) is 8.36.